The summed E-state index contributed by atoms with van der Waals surface area (Å²) in [6, 6.07) is 16.3. The molecule has 0 spiro atoms. The number of nitrogens with zero attached hydrogens (tertiary/aromatic N) is 1. The highest BCUT2D eigenvalue weighted by molar-refractivity contribution is 5.34. The number of benzene rings is 2. The van der Waals surface area contributed by atoms with Crippen molar-refractivity contribution in [3.63, 3.8) is 0 Å². The lowest BCUT2D eigenvalue weighted by molar-refractivity contribution is 0.0827. The first kappa shape index (κ1) is 20.3. The minimum atomic E-state index is -0.483. The fraction of sp³-hybridized carbons (Fsp3) is 0.455. The maximum Gasteiger partial charge on any atom is 0.122 e. The van der Waals surface area contributed by atoms with E-state index >= 15 is 0 Å². The van der Waals surface area contributed by atoms with E-state index < -0.39 is 6.10 Å². The first-order valence-corrected chi connectivity index (χ1v) is 9.25. The molecule has 26 heavy (non-hydrogen) atoms. The van der Waals surface area contributed by atoms with E-state index in [1.165, 1.54) is 11.1 Å². The number of hydrogen-bond donors (Lipinski definition) is 1. The third-order valence-corrected chi connectivity index (χ3v) is 4.31. The van der Waals surface area contributed by atoms with Crippen LogP contribution in [-0.4, -0.2) is 50.5 Å². The van der Waals surface area contributed by atoms with Crippen LogP contribution in [0.3, 0.4) is 0 Å². The van der Waals surface area contributed by atoms with Crippen molar-refractivity contribution in [2.24, 2.45) is 0 Å². The van der Waals surface area contributed by atoms with Crippen LogP contribution < -0.4 is 9.47 Å². The van der Waals surface area contributed by atoms with Crippen molar-refractivity contribution in [2.45, 2.75) is 31.8 Å². The first-order valence-electron chi connectivity index (χ1n) is 9.25. The molecule has 0 bridgehead atoms. The van der Waals surface area contributed by atoms with Crippen molar-refractivity contribution >= 4 is 0 Å². The summed E-state index contributed by atoms with van der Waals surface area (Å²) in [5.74, 6) is 1.84. The first-order chi connectivity index (χ1) is 12.6. The van der Waals surface area contributed by atoms with Crippen LogP contribution in [0, 0.1) is 0 Å². The second-order valence-corrected chi connectivity index (χ2v) is 6.85. The highest BCUT2D eigenvalue weighted by Gasteiger charge is 2.09. The summed E-state index contributed by atoms with van der Waals surface area (Å²) in [7, 11) is 5.61. The van der Waals surface area contributed by atoms with E-state index in [1.807, 2.05) is 49.3 Å². The fourth-order valence-electron chi connectivity index (χ4n) is 3.05. The van der Waals surface area contributed by atoms with E-state index in [9.17, 15) is 5.11 Å². The average molecular weight is 357 g/mol. The number of hydrogen-bond acceptors (Lipinski definition) is 4. The molecule has 0 aliphatic rings. The van der Waals surface area contributed by atoms with Crippen LogP contribution in [0.5, 0.6) is 11.5 Å². The lowest BCUT2D eigenvalue weighted by Gasteiger charge is -2.18. The van der Waals surface area contributed by atoms with Gasteiger partial charge >= 0.3 is 0 Å². The summed E-state index contributed by atoms with van der Waals surface area (Å²) in [4.78, 5) is 1.96. The molecule has 0 aliphatic heterocycles. The Morgan fingerprint density at radius 2 is 1.42 bits per heavy atom. The monoisotopic (exact) mass is 357 g/mol. The van der Waals surface area contributed by atoms with Crippen LogP contribution in [0.1, 0.15) is 24.0 Å². The third-order valence-electron chi connectivity index (χ3n) is 4.31. The minimum absolute atomic E-state index is 0.316. The summed E-state index contributed by atoms with van der Waals surface area (Å²) in [6.45, 7) is 0.914. The maximum atomic E-state index is 9.98. The van der Waals surface area contributed by atoms with Crippen molar-refractivity contribution in [3.05, 3.63) is 59.7 Å². The van der Waals surface area contributed by atoms with E-state index in [0.717, 1.165) is 37.2 Å². The number of aliphatic hydroxyl groups is 1. The van der Waals surface area contributed by atoms with Gasteiger partial charge in [0.05, 0.1) is 7.11 Å². The number of rotatable bonds is 11. The predicted octanol–water partition coefficient (Wildman–Crippen LogP) is 3.56. The lowest BCUT2D eigenvalue weighted by atomic mass is 10.0. The molecule has 0 amide bonds. The summed E-state index contributed by atoms with van der Waals surface area (Å²) in [6.07, 6.45) is 3.67. The molecule has 1 N–H and O–H groups in total. The van der Waals surface area contributed by atoms with Crippen molar-refractivity contribution in [1.29, 1.82) is 0 Å². The number of aliphatic hydroxyl groups excluding tert-OH is 1. The largest absolute Gasteiger partial charge is 0.496 e. The van der Waals surface area contributed by atoms with Gasteiger partial charge in [-0.1, -0.05) is 36.4 Å². The Hall–Kier alpha value is -2.04. The van der Waals surface area contributed by atoms with Crippen LogP contribution in [-0.2, 0) is 12.8 Å². The number of para-hydroxylation sites is 2. The minimum Gasteiger partial charge on any atom is -0.496 e. The third kappa shape index (κ3) is 6.70. The summed E-state index contributed by atoms with van der Waals surface area (Å²) in [5, 5.41) is 9.98. The van der Waals surface area contributed by atoms with E-state index in [-0.39, 0.29) is 0 Å². The second kappa shape index (κ2) is 10.8. The molecule has 0 fully saturated rings. The molecular formula is C22H31NO3. The molecule has 0 heterocycles. The Morgan fingerprint density at radius 3 is 2.00 bits per heavy atom. The summed E-state index contributed by atoms with van der Waals surface area (Å²) in [5.41, 5.74) is 2.45. The number of likely N-dealkylation sites (N-methyl/N-ethyl adjacent to an activating group) is 1. The van der Waals surface area contributed by atoms with Crippen molar-refractivity contribution in [1.82, 2.24) is 4.90 Å². The van der Waals surface area contributed by atoms with Gasteiger partial charge in [0.15, 0.2) is 0 Å². The molecule has 0 saturated carbocycles. The van der Waals surface area contributed by atoms with Gasteiger partial charge in [-0.05, 0) is 63.0 Å². The normalized spacial score (nSPS) is 12.2. The average Bonchev–Trinajstić information content (AvgIpc) is 2.64. The molecule has 0 saturated heterocycles. The van der Waals surface area contributed by atoms with Gasteiger partial charge in [-0.25, -0.2) is 0 Å². The zero-order valence-electron chi connectivity index (χ0n) is 16.1. The number of ether oxygens (including phenoxy) is 2. The standard InChI is InChI=1S/C22H31NO3/c1-23(2)16-20(24)17-26-22-15-9-7-13-19(22)12-5-4-10-18-11-6-8-14-21(18)25-3/h6-9,11,13-15,20,24H,4-5,10,12,16-17H2,1-3H3. The van der Waals surface area contributed by atoms with Crippen molar-refractivity contribution < 1.29 is 14.6 Å². The number of methoxy groups -OCH3 is 1. The number of unbranched alkanes of at least 4 members (excludes halogenated alkanes) is 1. The van der Waals surface area contributed by atoms with E-state index in [4.69, 9.17) is 9.47 Å². The molecule has 1 atom stereocenters. The van der Waals surface area contributed by atoms with Gasteiger partial charge in [-0.3, -0.25) is 0 Å². The molecule has 2 rings (SSSR count). The Labute approximate surface area is 157 Å². The lowest BCUT2D eigenvalue weighted by Crippen LogP contribution is -2.30. The number of aryl methyl sites for hydroxylation is 2. The topological polar surface area (TPSA) is 41.9 Å². The highest BCUT2D eigenvalue weighted by atomic mass is 16.5. The fourth-order valence-corrected chi connectivity index (χ4v) is 3.05. The molecule has 0 aliphatic carbocycles. The van der Waals surface area contributed by atoms with E-state index in [2.05, 4.69) is 18.2 Å². The molecule has 4 nitrogen and oxygen atoms in total. The Morgan fingerprint density at radius 1 is 0.885 bits per heavy atom. The summed E-state index contributed by atoms with van der Waals surface area (Å²) >= 11 is 0. The van der Waals surface area contributed by atoms with Crippen LogP contribution in [0.15, 0.2) is 48.5 Å². The van der Waals surface area contributed by atoms with Gasteiger partial charge < -0.3 is 19.5 Å². The van der Waals surface area contributed by atoms with Crippen LogP contribution in [0.25, 0.3) is 0 Å². The van der Waals surface area contributed by atoms with Crippen LogP contribution in [0.4, 0.5) is 0 Å². The van der Waals surface area contributed by atoms with E-state index in [0.29, 0.717) is 13.2 Å². The SMILES string of the molecule is COc1ccccc1CCCCc1ccccc1OCC(O)CN(C)C. The molecule has 0 radical (unpaired) electrons. The molecule has 0 aromatic heterocycles. The quantitative estimate of drug-likeness (QED) is 0.625. The zero-order chi connectivity index (χ0) is 18.8. The highest BCUT2D eigenvalue weighted by Crippen LogP contribution is 2.23. The Bertz CT molecular complexity index is 657. The van der Waals surface area contributed by atoms with E-state index in [1.54, 1.807) is 7.11 Å². The molecule has 2 aromatic carbocycles. The molecular weight excluding hydrogens is 326 g/mol. The van der Waals surface area contributed by atoms with Gasteiger partial charge in [0, 0.05) is 6.54 Å². The predicted molar refractivity (Wildman–Crippen MR) is 106 cm³/mol. The van der Waals surface area contributed by atoms with Gasteiger partial charge in [0.1, 0.15) is 24.2 Å². The Kier molecular flexibility index (Phi) is 8.45. The maximum absolute atomic E-state index is 9.98. The van der Waals surface area contributed by atoms with Crippen molar-refractivity contribution in [3.8, 4) is 11.5 Å². The van der Waals surface area contributed by atoms with Crippen LogP contribution >= 0.6 is 0 Å². The molecule has 142 valence electrons. The molecule has 1 unspecified atom stereocenters. The van der Waals surface area contributed by atoms with Gasteiger partial charge in [-0.2, -0.15) is 0 Å². The molecule has 2 aromatic rings. The van der Waals surface area contributed by atoms with Gasteiger partial charge in [-0.15, -0.1) is 0 Å². The van der Waals surface area contributed by atoms with Gasteiger partial charge in [0.25, 0.3) is 0 Å². The Balaban J connectivity index is 1.82. The van der Waals surface area contributed by atoms with Crippen molar-refractivity contribution in [2.75, 3.05) is 34.4 Å². The second-order valence-electron chi connectivity index (χ2n) is 6.85. The van der Waals surface area contributed by atoms with Gasteiger partial charge in [0.2, 0.25) is 0 Å². The zero-order valence-corrected chi connectivity index (χ0v) is 16.1. The smallest absolute Gasteiger partial charge is 0.122 e. The van der Waals surface area contributed by atoms with Crippen LogP contribution in [0.2, 0.25) is 0 Å². The summed E-state index contributed by atoms with van der Waals surface area (Å²) < 4.78 is 11.3. The molecule has 4 heteroatoms.